The van der Waals surface area contributed by atoms with Gasteiger partial charge in [0.25, 0.3) is 0 Å². The molecule has 104 valence electrons. The molecular formula is C14H26N2O2. The monoisotopic (exact) mass is 254 g/mol. The van der Waals surface area contributed by atoms with Crippen LogP contribution < -0.4 is 5.32 Å². The fourth-order valence-corrected chi connectivity index (χ4v) is 3.24. The Kier molecular flexibility index (Phi) is 4.62. The predicted molar refractivity (Wildman–Crippen MR) is 71.5 cm³/mol. The van der Waals surface area contributed by atoms with Gasteiger partial charge >= 0.3 is 0 Å². The van der Waals surface area contributed by atoms with E-state index in [1.54, 1.807) is 0 Å². The number of rotatable bonds is 4. The Labute approximate surface area is 110 Å². The highest BCUT2D eigenvalue weighted by atomic mass is 16.5. The Hall–Kier alpha value is -0.610. The maximum atomic E-state index is 12.7. The maximum absolute atomic E-state index is 12.7. The van der Waals surface area contributed by atoms with Crippen molar-refractivity contribution in [2.24, 2.45) is 0 Å². The van der Waals surface area contributed by atoms with Gasteiger partial charge in [0.15, 0.2) is 0 Å². The van der Waals surface area contributed by atoms with Crippen molar-refractivity contribution in [1.29, 1.82) is 0 Å². The van der Waals surface area contributed by atoms with Crippen LogP contribution in [0.2, 0.25) is 0 Å². The number of ether oxygens (including phenoxy) is 1. The third kappa shape index (κ3) is 2.69. The second-order valence-electron chi connectivity index (χ2n) is 5.44. The lowest BCUT2D eigenvalue weighted by Crippen LogP contribution is -2.57. The largest absolute Gasteiger partial charge is 0.377 e. The van der Waals surface area contributed by atoms with Gasteiger partial charge in [-0.15, -0.1) is 0 Å². The Morgan fingerprint density at radius 2 is 2.28 bits per heavy atom. The summed E-state index contributed by atoms with van der Waals surface area (Å²) in [6.45, 7) is 7.52. The first-order valence-corrected chi connectivity index (χ1v) is 7.38. The molecule has 2 saturated heterocycles. The molecule has 18 heavy (non-hydrogen) atoms. The predicted octanol–water partition coefficient (Wildman–Crippen LogP) is 1.55. The summed E-state index contributed by atoms with van der Waals surface area (Å²) in [4.78, 5) is 14.7. The molecule has 0 aliphatic carbocycles. The SMILES string of the molecule is CCOC1CCCN(C(=O)C2(CC)CCCN2)C1. The minimum absolute atomic E-state index is 0.239. The van der Waals surface area contributed by atoms with Crippen LogP contribution in [-0.2, 0) is 9.53 Å². The van der Waals surface area contributed by atoms with E-state index in [9.17, 15) is 4.79 Å². The summed E-state index contributed by atoms with van der Waals surface area (Å²) in [6, 6.07) is 0. The van der Waals surface area contributed by atoms with Gasteiger partial charge in [0.2, 0.25) is 5.91 Å². The summed E-state index contributed by atoms with van der Waals surface area (Å²) in [5.41, 5.74) is -0.284. The molecule has 0 bridgehead atoms. The highest BCUT2D eigenvalue weighted by Gasteiger charge is 2.42. The lowest BCUT2D eigenvalue weighted by Gasteiger charge is -2.38. The van der Waals surface area contributed by atoms with Gasteiger partial charge in [-0.25, -0.2) is 0 Å². The van der Waals surface area contributed by atoms with E-state index in [4.69, 9.17) is 4.74 Å². The number of nitrogens with zero attached hydrogens (tertiary/aromatic N) is 1. The van der Waals surface area contributed by atoms with E-state index >= 15 is 0 Å². The van der Waals surface area contributed by atoms with Crippen molar-refractivity contribution in [3.05, 3.63) is 0 Å². The molecule has 2 unspecified atom stereocenters. The van der Waals surface area contributed by atoms with Crippen LogP contribution in [0.3, 0.4) is 0 Å². The molecule has 1 amide bonds. The normalized spacial score (nSPS) is 32.8. The average molecular weight is 254 g/mol. The Morgan fingerprint density at radius 1 is 1.44 bits per heavy atom. The molecule has 0 saturated carbocycles. The maximum Gasteiger partial charge on any atom is 0.242 e. The molecule has 0 spiro atoms. The molecule has 2 rings (SSSR count). The molecule has 4 nitrogen and oxygen atoms in total. The minimum Gasteiger partial charge on any atom is -0.377 e. The summed E-state index contributed by atoms with van der Waals surface area (Å²) >= 11 is 0. The lowest BCUT2D eigenvalue weighted by atomic mass is 9.91. The van der Waals surface area contributed by atoms with Crippen LogP contribution >= 0.6 is 0 Å². The van der Waals surface area contributed by atoms with Crippen molar-refractivity contribution in [3.63, 3.8) is 0 Å². The molecule has 2 aliphatic heterocycles. The van der Waals surface area contributed by atoms with Crippen molar-refractivity contribution in [2.45, 2.75) is 57.6 Å². The molecule has 0 aromatic carbocycles. The molecule has 1 N–H and O–H groups in total. The first-order valence-electron chi connectivity index (χ1n) is 7.38. The van der Waals surface area contributed by atoms with Gasteiger partial charge in [0, 0.05) is 19.7 Å². The highest BCUT2D eigenvalue weighted by Crippen LogP contribution is 2.27. The van der Waals surface area contributed by atoms with Gasteiger partial charge in [-0.1, -0.05) is 6.92 Å². The molecule has 4 heteroatoms. The zero-order chi connectivity index (χ0) is 13.0. The molecule has 0 radical (unpaired) electrons. The molecular weight excluding hydrogens is 228 g/mol. The quantitative estimate of drug-likeness (QED) is 0.827. The topological polar surface area (TPSA) is 41.6 Å². The van der Waals surface area contributed by atoms with Crippen LogP contribution in [0.5, 0.6) is 0 Å². The van der Waals surface area contributed by atoms with Crippen LogP contribution in [0.25, 0.3) is 0 Å². The van der Waals surface area contributed by atoms with Crippen molar-refractivity contribution in [3.8, 4) is 0 Å². The number of hydrogen-bond donors (Lipinski definition) is 1. The van der Waals surface area contributed by atoms with Crippen LogP contribution in [0.1, 0.15) is 46.0 Å². The first kappa shape index (κ1) is 13.8. The van der Waals surface area contributed by atoms with Crippen LogP contribution in [0, 0.1) is 0 Å². The van der Waals surface area contributed by atoms with Gasteiger partial charge in [-0.2, -0.15) is 0 Å². The Morgan fingerprint density at radius 3 is 2.89 bits per heavy atom. The minimum atomic E-state index is -0.284. The van der Waals surface area contributed by atoms with E-state index in [1.807, 2.05) is 11.8 Å². The van der Waals surface area contributed by atoms with Gasteiger partial charge < -0.3 is 15.0 Å². The fourth-order valence-electron chi connectivity index (χ4n) is 3.24. The number of carbonyl (C=O) groups is 1. The summed E-state index contributed by atoms with van der Waals surface area (Å²) in [5, 5.41) is 3.43. The number of carbonyl (C=O) groups excluding carboxylic acids is 1. The van der Waals surface area contributed by atoms with Crippen LogP contribution in [0.15, 0.2) is 0 Å². The number of hydrogen-bond acceptors (Lipinski definition) is 3. The van der Waals surface area contributed by atoms with E-state index in [1.165, 1.54) is 0 Å². The molecule has 0 aromatic heterocycles. The van der Waals surface area contributed by atoms with Crippen LogP contribution in [0.4, 0.5) is 0 Å². The lowest BCUT2D eigenvalue weighted by molar-refractivity contribution is -0.142. The fraction of sp³-hybridized carbons (Fsp3) is 0.929. The number of likely N-dealkylation sites (tertiary alicyclic amines) is 1. The molecule has 2 heterocycles. The molecule has 2 aliphatic rings. The van der Waals surface area contributed by atoms with E-state index in [0.29, 0.717) is 5.91 Å². The van der Waals surface area contributed by atoms with Gasteiger partial charge in [0.05, 0.1) is 11.6 Å². The first-order chi connectivity index (χ1) is 8.72. The van der Waals surface area contributed by atoms with Gasteiger partial charge in [-0.3, -0.25) is 4.79 Å². The van der Waals surface area contributed by atoms with Crippen molar-refractivity contribution in [2.75, 3.05) is 26.2 Å². The average Bonchev–Trinajstić information content (AvgIpc) is 2.88. The third-order valence-corrected chi connectivity index (χ3v) is 4.32. The molecule has 0 aromatic rings. The van der Waals surface area contributed by atoms with E-state index < -0.39 is 0 Å². The zero-order valence-electron chi connectivity index (χ0n) is 11.7. The van der Waals surface area contributed by atoms with Crippen molar-refractivity contribution < 1.29 is 9.53 Å². The summed E-state index contributed by atoms with van der Waals surface area (Å²) in [6.07, 6.45) is 5.38. The molecule has 2 fully saturated rings. The van der Waals surface area contributed by atoms with E-state index in [2.05, 4.69) is 12.2 Å². The number of piperidine rings is 1. The Balaban J connectivity index is 1.99. The summed E-state index contributed by atoms with van der Waals surface area (Å²) in [7, 11) is 0. The van der Waals surface area contributed by atoms with Gasteiger partial charge in [-0.05, 0) is 45.6 Å². The number of amides is 1. The van der Waals surface area contributed by atoms with Crippen LogP contribution in [-0.4, -0.2) is 48.7 Å². The van der Waals surface area contributed by atoms with Crippen molar-refractivity contribution in [1.82, 2.24) is 10.2 Å². The third-order valence-electron chi connectivity index (χ3n) is 4.32. The van der Waals surface area contributed by atoms with E-state index in [0.717, 1.165) is 58.3 Å². The second kappa shape index (κ2) is 6.02. The summed E-state index contributed by atoms with van der Waals surface area (Å²) < 4.78 is 5.68. The standard InChI is InChI=1S/C14H26N2O2/c1-3-14(8-6-9-15-14)13(17)16-10-5-7-12(11-16)18-4-2/h12,15H,3-11H2,1-2H3. The highest BCUT2D eigenvalue weighted by molar-refractivity contribution is 5.86. The smallest absolute Gasteiger partial charge is 0.242 e. The summed E-state index contributed by atoms with van der Waals surface area (Å²) in [5.74, 6) is 0.298. The Bertz CT molecular complexity index is 286. The van der Waals surface area contributed by atoms with E-state index in [-0.39, 0.29) is 11.6 Å². The molecule has 2 atom stereocenters. The van der Waals surface area contributed by atoms with Gasteiger partial charge in [0.1, 0.15) is 0 Å². The number of nitrogens with one attached hydrogen (secondary N) is 1. The van der Waals surface area contributed by atoms with Crippen molar-refractivity contribution >= 4 is 5.91 Å². The zero-order valence-corrected chi connectivity index (χ0v) is 11.7. The second-order valence-corrected chi connectivity index (χ2v) is 5.44.